The maximum Gasteiger partial charge on any atom is 0.417 e. The van der Waals surface area contributed by atoms with E-state index in [1.807, 2.05) is 0 Å². The van der Waals surface area contributed by atoms with Crippen molar-refractivity contribution in [2.24, 2.45) is 0 Å². The zero-order valence-corrected chi connectivity index (χ0v) is 12.7. The molecule has 1 aromatic carbocycles. The van der Waals surface area contributed by atoms with Gasteiger partial charge in [0, 0.05) is 6.20 Å². The SMILES string of the molecule is CC(Nc1ncc(C(F)(F)F)cc1Cl)C(O)c1ccc(F)cc1. The Labute approximate surface area is 134 Å². The predicted octanol–water partition coefficient (Wildman–Crippen LogP) is 4.43. The third-order valence-corrected chi connectivity index (χ3v) is 3.51. The van der Waals surface area contributed by atoms with Gasteiger partial charge >= 0.3 is 6.18 Å². The first-order chi connectivity index (χ1) is 10.7. The Hall–Kier alpha value is -1.86. The topological polar surface area (TPSA) is 45.2 Å². The summed E-state index contributed by atoms with van der Waals surface area (Å²) in [7, 11) is 0. The summed E-state index contributed by atoms with van der Waals surface area (Å²) in [6.07, 6.45) is -4.89. The van der Waals surface area contributed by atoms with Crippen molar-refractivity contribution in [3.8, 4) is 0 Å². The van der Waals surface area contributed by atoms with Crippen molar-refractivity contribution in [3.63, 3.8) is 0 Å². The summed E-state index contributed by atoms with van der Waals surface area (Å²) >= 11 is 5.79. The molecule has 1 aromatic heterocycles. The molecule has 0 radical (unpaired) electrons. The molecule has 0 spiro atoms. The molecule has 2 unspecified atom stereocenters. The summed E-state index contributed by atoms with van der Waals surface area (Å²) in [6.45, 7) is 1.60. The average Bonchev–Trinajstić information content (AvgIpc) is 2.48. The van der Waals surface area contributed by atoms with Crippen LogP contribution in [-0.2, 0) is 6.18 Å². The third kappa shape index (κ3) is 4.33. The summed E-state index contributed by atoms with van der Waals surface area (Å²) in [6, 6.07) is 5.39. The van der Waals surface area contributed by atoms with Gasteiger partial charge < -0.3 is 10.4 Å². The fraction of sp³-hybridized carbons (Fsp3) is 0.267. The van der Waals surface area contributed by atoms with Crippen LogP contribution in [0.2, 0.25) is 5.02 Å². The van der Waals surface area contributed by atoms with E-state index in [4.69, 9.17) is 11.6 Å². The van der Waals surface area contributed by atoms with E-state index in [0.717, 1.165) is 6.07 Å². The fourth-order valence-corrected chi connectivity index (χ4v) is 2.16. The van der Waals surface area contributed by atoms with Crippen molar-refractivity contribution < 1.29 is 22.7 Å². The number of anilines is 1. The molecule has 0 saturated carbocycles. The molecule has 0 amide bonds. The predicted molar refractivity (Wildman–Crippen MR) is 78.7 cm³/mol. The molecule has 0 fully saturated rings. The van der Waals surface area contributed by atoms with Gasteiger partial charge in [-0.25, -0.2) is 9.37 Å². The normalized spacial score (nSPS) is 14.4. The van der Waals surface area contributed by atoms with E-state index in [1.165, 1.54) is 24.3 Å². The second kappa shape index (κ2) is 6.72. The Kier molecular flexibility index (Phi) is 5.11. The van der Waals surface area contributed by atoms with E-state index in [-0.39, 0.29) is 10.8 Å². The van der Waals surface area contributed by atoms with Crippen LogP contribution in [0.15, 0.2) is 36.5 Å². The smallest absolute Gasteiger partial charge is 0.386 e. The van der Waals surface area contributed by atoms with E-state index in [2.05, 4.69) is 10.3 Å². The first-order valence-electron chi connectivity index (χ1n) is 6.61. The summed E-state index contributed by atoms with van der Waals surface area (Å²) in [5.41, 5.74) is -0.505. The van der Waals surface area contributed by atoms with Gasteiger partial charge in [0.05, 0.1) is 22.7 Å². The Bertz CT molecular complexity index is 676. The van der Waals surface area contributed by atoms with Gasteiger partial charge in [-0.15, -0.1) is 0 Å². The van der Waals surface area contributed by atoms with Gasteiger partial charge in [0.15, 0.2) is 0 Å². The van der Waals surface area contributed by atoms with Crippen LogP contribution in [0.1, 0.15) is 24.2 Å². The number of hydrogen-bond acceptors (Lipinski definition) is 3. The number of halogens is 5. The van der Waals surface area contributed by atoms with Crippen LogP contribution in [0.3, 0.4) is 0 Å². The minimum Gasteiger partial charge on any atom is -0.386 e. The van der Waals surface area contributed by atoms with E-state index < -0.39 is 29.7 Å². The highest BCUT2D eigenvalue weighted by molar-refractivity contribution is 6.33. The van der Waals surface area contributed by atoms with Crippen LogP contribution >= 0.6 is 11.6 Å². The van der Waals surface area contributed by atoms with Gasteiger partial charge in [-0.3, -0.25) is 0 Å². The van der Waals surface area contributed by atoms with Crippen molar-refractivity contribution in [2.45, 2.75) is 25.2 Å². The van der Waals surface area contributed by atoms with Gasteiger partial charge in [-0.2, -0.15) is 13.2 Å². The number of nitrogens with zero attached hydrogens (tertiary/aromatic N) is 1. The molecule has 0 bridgehead atoms. The number of rotatable bonds is 4. The molecule has 2 N–H and O–H groups in total. The van der Waals surface area contributed by atoms with Gasteiger partial charge in [0.1, 0.15) is 11.6 Å². The zero-order chi connectivity index (χ0) is 17.2. The molecule has 8 heteroatoms. The zero-order valence-electron chi connectivity index (χ0n) is 11.9. The van der Waals surface area contributed by atoms with Crippen LogP contribution < -0.4 is 5.32 Å². The van der Waals surface area contributed by atoms with Crippen LogP contribution in [-0.4, -0.2) is 16.1 Å². The number of hydrogen-bond donors (Lipinski definition) is 2. The lowest BCUT2D eigenvalue weighted by molar-refractivity contribution is -0.137. The lowest BCUT2D eigenvalue weighted by Crippen LogP contribution is -2.25. The summed E-state index contributed by atoms with van der Waals surface area (Å²) in [5, 5.41) is 12.7. The van der Waals surface area contributed by atoms with E-state index in [1.54, 1.807) is 6.92 Å². The highest BCUT2D eigenvalue weighted by atomic mass is 35.5. The van der Waals surface area contributed by atoms with Crippen molar-refractivity contribution in [2.75, 3.05) is 5.32 Å². The van der Waals surface area contributed by atoms with Gasteiger partial charge in [0.2, 0.25) is 0 Å². The molecule has 0 aliphatic heterocycles. The maximum absolute atomic E-state index is 12.9. The molecule has 23 heavy (non-hydrogen) atoms. The number of pyridine rings is 1. The monoisotopic (exact) mass is 348 g/mol. The number of benzene rings is 1. The standard InChI is InChI=1S/C15H13ClF4N2O/c1-8(13(23)9-2-4-11(17)5-3-9)22-14-12(16)6-10(7-21-14)15(18,19)20/h2-8,13,23H,1H3,(H,21,22). The maximum atomic E-state index is 12.9. The Morgan fingerprint density at radius 1 is 1.22 bits per heavy atom. The minimum atomic E-state index is -4.53. The van der Waals surface area contributed by atoms with Crippen LogP contribution in [0.25, 0.3) is 0 Å². The highest BCUT2D eigenvalue weighted by Crippen LogP contribution is 2.33. The molecule has 2 atom stereocenters. The summed E-state index contributed by atoms with van der Waals surface area (Å²) in [4.78, 5) is 3.64. The molecule has 124 valence electrons. The molecule has 0 aliphatic rings. The highest BCUT2D eigenvalue weighted by Gasteiger charge is 2.31. The number of nitrogens with one attached hydrogen (secondary N) is 1. The quantitative estimate of drug-likeness (QED) is 0.804. The Morgan fingerprint density at radius 3 is 2.35 bits per heavy atom. The fourth-order valence-electron chi connectivity index (χ4n) is 1.94. The molecule has 0 aliphatic carbocycles. The average molecular weight is 349 g/mol. The molecule has 0 saturated heterocycles. The number of aliphatic hydroxyl groups excluding tert-OH is 1. The van der Waals surface area contributed by atoms with E-state index in [9.17, 15) is 22.7 Å². The molecule has 2 rings (SSSR count). The largest absolute Gasteiger partial charge is 0.417 e. The van der Waals surface area contributed by atoms with Crippen molar-refractivity contribution in [1.82, 2.24) is 4.98 Å². The van der Waals surface area contributed by atoms with Crippen LogP contribution in [0.5, 0.6) is 0 Å². The number of aliphatic hydroxyl groups is 1. The van der Waals surface area contributed by atoms with Crippen molar-refractivity contribution >= 4 is 17.4 Å². The summed E-state index contributed by atoms with van der Waals surface area (Å²) < 4.78 is 50.5. The summed E-state index contributed by atoms with van der Waals surface area (Å²) in [5.74, 6) is -0.414. The Morgan fingerprint density at radius 2 is 1.83 bits per heavy atom. The van der Waals surface area contributed by atoms with Gasteiger partial charge in [-0.05, 0) is 30.7 Å². The van der Waals surface area contributed by atoms with Crippen molar-refractivity contribution in [1.29, 1.82) is 0 Å². The van der Waals surface area contributed by atoms with Gasteiger partial charge in [-0.1, -0.05) is 23.7 Å². The first kappa shape index (κ1) is 17.5. The molecular weight excluding hydrogens is 336 g/mol. The minimum absolute atomic E-state index is 0.0216. The van der Waals surface area contributed by atoms with Crippen LogP contribution in [0.4, 0.5) is 23.4 Å². The molecular formula is C15H13ClF4N2O. The molecule has 2 aromatic rings. The van der Waals surface area contributed by atoms with Crippen LogP contribution in [0, 0.1) is 5.82 Å². The Balaban J connectivity index is 2.13. The molecule has 3 nitrogen and oxygen atoms in total. The lowest BCUT2D eigenvalue weighted by Gasteiger charge is -2.22. The molecule has 1 heterocycles. The lowest BCUT2D eigenvalue weighted by atomic mass is 10.0. The van der Waals surface area contributed by atoms with Gasteiger partial charge in [0.25, 0.3) is 0 Å². The number of alkyl halides is 3. The van der Waals surface area contributed by atoms with E-state index >= 15 is 0 Å². The third-order valence-electron chi connectivity index (χ3n) is 3.22. The second-order valence-corrected chi connectivity index (χ2v) is 5.39. The van der Waals surface area contributed by atoms with E-state index in [0.29, 0.717) is 11.8 Å². The first-order valence-corrected chi connectivity index (χ1v) is 6.99. The van der Waals surface area contributed by atoms with Crippen molar-refractivity contribution in [3.05, 3.63) is 58.5 Å². The second-order valence-electron chi connectivity index (χ2n) is 4.98. The number of aromatic nitrogens is 1.